The molecule has 224 valence electrons. The van der Waals surface area contributed by atoms with Crippen LogP contribution in [-0.4, -0.2) is 78.0 Å². The van der Waals surface area contributed by atoms with Gasteiger partial charge in [0.1, 0.15) is 6.04 Å². The zero-order valence-electron chi connectivity index (χ0n) is 24.5. The number of nitrogens with one attached hydrogen (secondary N) is 1. The van der Waals surface area contributed by atoms with Gasteiger partial charge in [0.05, 0.1) is 26.0 Å². The molecule has 2 N–H and O–H groups in total. The van der Waals surface area contributed by atoms with Gasteiger partial charge >= 0.3 is 6.09 Å². The van der Waals surface area contributed by atoms with Crippen LogP contribution in [0.15, 0.2) is 47.6 Å². The monoisotopic (exact) mass is 576 g/mol. The quantitative estimate of drug-likeness (QED) is 0.485. The molecule has 2 aliphatic heterocycles. The second kappa shape index (κ2) is 12.8. The molecular formula is C32H40N4O6. The van der Waals surface area contributed by atoms with Crippen molar-refractivity contribution >= 4 is 23.6 Å². The predicted molar refractivity (Wildman–Crippen MR) is 158 cm³/mol. The number of carbonyl (C=O) groups excluding carboxylic acids is 2. The zero-order valence-corrected chi connectivity index (χ0v) is 24.5. The van der Waals surface area contributed by atoms with Crippen LogP contribution in [0.3, 0.4) is 0 Å². The molecule has 3 amide bonds. The number of hydrazone groups is 1. The summed E-state index contributed by atoms with van der Waals surface area (Å²) in [6, 6.07) is 12.5. The number of nitrogens with zero attached hydrogens (tertiary/aromatic N) is 3. The van der Waals surface area contributed by atoms with Crippen molar-refractivity contribution in [3.63, 3.8) is 0 Å². The Bertz CT molecular complexity index is 1350. The van der Waals surface area contributed by atoms with Crippen LogP contribution in [0.25, 0.3) is 0 Å². The van der Waals surface area contributed by atoms with Crippen molar-refractivity contribution < 1.29 is 29.0 Å². The van der Waals surface area contributed by atoms with Gasteiger partial charge in [0.2, 0.25) is 11.8 Å². The Morgan fingerprint density at radius 2 is 1.71 bits per heavy atom. The van der Waals surface area contributed by atoms with E-state index in [1.807, 2.05) is 49.4 Å². The summed E-state index contributed by atoms with van der Waals surface area (Å²) < 4.78 is 11.0. The Labute approximate surface area is 246 Å². The summed E-state index contributed by atoms with van der Waals surface area (Å²) in [6.07, 6.45) is 4.03. The van der Waals surface area contributed by atoms with Crippen molar-refractivity contribution in [2.75, 3.05) is 27.3 Å². The number of fused-ring (bicyclic) bond motifs is 1. The van der Waals surface area contributed by atoms with Crippen LogP contribution in [0.2, 0.25) is 0 Å². The average Bonchev–Trinajstić information content (AvgIpc) is 3.00. The molecule has 1 saturated heterocycles. The maximum atomic E-state index is 13.8. The van der Waals surface area contributed by atoms with E-state index in [1.54, 1.807) is 24.1 Å². The minimum Gasteiger partial charge on any atom is -0.493 e. The van der Waals surface area contributed by atoms with Gasteiger partial charge in [0, 0.05) is 36.9 Å². The minimum atomic E-state index is -1.23. The largest absolute Gasteiger partial charge is 0.493 e. The molecule has 5 rings (SSSR count). The van der Waals surface area contributed by atoms with Crippen LogP contribution in [0.5, 0.6) is 11.5 Å². The van der Waals surface area contributed by atoms with Crippen LogP contribution in [0, 0.1) is 18.8 Å². The van der Waals surface area contributed by atoms with Gasteiger partial charge in [-0.15, -0.1) is 0 Å². The van der Waals surface area contributed by atoms with Gasteiger partial charge in [-0.25, -0.2) is 9.80 Å². The van der Waals surface area contributed by atoms with Crippen molar-refractivity contribution in [2.24, 2.45) is 16.9 Å². The number of likely N-dealkylation sites (tertiary alicyclic amines) is 1. The number of methoxy groups -OCH3 is 2. The first-order valence-corrected chi connectivity index (χ1v) is 14.8. The summed E-state index contributed by atoms with van der Waals surface area (Å²) in [5.41, 5.74) is 3.78. The SMILES string of the molecule is COc1ccc(C2=NN(C3CCN(C(=O)[C@@H](Cc4cccc(C)c4)NC(=O)O)CC3)C(=O)[C@@H]3CCCC[C@H]23)cc1OC. The van der Waals surface area contributed by atoms with E-state index in [4.69, 9.17) is 14.6 Å². The molecule has 3 aliphatic rings. The smallest absolute Gasteiger partial charge is 0.405 e. The Hall–Kier alpha value is -4.08. The van der Waals surface area contributed by atoms with Crippen molar-refractivity contribution in [3.8, 4) is 11.5 Å². The first-order chi connectivity index (χ1) is 20.3. The Morgan fingerprint density at radius 1 is 1.00 bits per heavy atom. The normalized spacial score (nSPS) is 21.7. The van der Waals surface area contributed by atoms with E-state index in [9.17, 15) is 19.5 Å². The summed E-state index contributed by atoms with van der Waals surface area (Å²) >= 11 is 0. The van der Waals surface area contributed by atoms with E-state index in [-0.39, 0.29) is 36.1 Å². The first kappa shape index (κ1) is 29.4. The number of ether oxygens (including phenoxy) is 2. The van der Waals surface area contributed by atoms with E-state index in [2.05, 4.69) is 5.32 Å². The molecule has 10 heteroatoms. The molecule has 3 atom stereocenters. The highest BCUT2D eigenvalue weighted by atomic mass is 16.5. The maximum absolute atomic E-state index is 13.8. The number of carboxylic acid groups (broad SMARTS) is 1. The zero-order chi connectivity index (χ0) is 29.8. The molecule has 42 heavy (non-hydrogen) atoms. The molecule has 1 aliphatic carbocycles. The highest BCUT2D eigenvalue weighted by Crippen LogP contribution is 2.40. The third-order valence-corrected chi connectivity index (χ3v) is 8.80. The van der Waals surface area contributed by atoms with Gasteiger partial charge in [-0.3, -0.25) is 9.59 Å². The number of amides is 3. The standard InChI is InChI=1S/C32H40N4O6/c1-20-7-6-8-21(17-20)18-26(33-32(39)40)31(38)35-15-13-23(14-16-35)36-30(37)25-10-5-4-9-24(25)29(34-36)22-11-12-27(41-2)28(19-22)42-3/h6-8,11-12,17,19,23-26,33H,4-5,9-10,13-16,18H2,1-3H3,(H,39,40)/t24-,25+,26+/m0/s1. The molecule has 0 aromatic heterocycles. The molecule has 0 unspecified atom stereocenters. The lowest BCUT2D eigenvalue weighted by Gasteiger charge is -2.43. The highest BCUT2D eigenvalue weighted by Gasteiger charge is 2.44. The number of rotatable bonds is 8. The lowest BCUT2D eigenvalue weighted by Crippen LogP contribution is -2.55. The van der Waals surface area contributed by atoms with Crippen LogP contribution < -0.4 is 14.8 Å². The van der Waals surface area contributed by atoms with Crippen LogP contribution in [-0.2, 0) is 16.0 Å². The molecule has 0 bridgehead atoms. The Kier molecular flexibility index (Phi) is 8.99. The number of aryl methyl sites for hydroxylation is 1. The second-order valence-electron chi connectivity index (χ2n) is 11.5. The Balaban J connectivity index is 1.33. The molecular weight excluding hydrogens is 536 g/mol. The fourth-order valence-corrected chi connectivity index (χ4v) is 6.67. The molecule has 2 aromatic carbocycles. The van der Waals surface area contributed by atoms with Gasteiger partial charge < -0.3 is 24.8 Å². The van der Waals surface area contributed by atoms with Crippen LogP contribution in [0.1, 0.15) is 55.2 Å². The molecule has 2 aromatic rings. The summed E-state index contributed by atoms with van der Waals surface area (Å²) in [5, 5.41) is 18.5. The molecule has 0 radical (unpaired) electrons. The van der Waals surface area contributed by atoms with Crippen molar-refractivity contribution in [1.82, 2.24) is 15.2 Å². The number of hydrogen-bond acceptors (Lipinski definition) is 6. The molecule has 2 fully saturated rings. The topological polar surface area (TPSA) is 121 Å². The third-order valence-electron chi connectivity index (χ3n) is 8.80. The molecule has 10 nitrogen and oxygen atoms in total. The van der Waals surface area contributed by atoms with E-state index >= 15 is 0 Å². The number of benzene rings is 2. The third kappa shape index (κ3) is 6.22. The minimum absolute atomic E-state index is 0.0618. The molecule has 1 saturated carbocycles. The fourth-order valence-electron chi connectivity index (χ4n) is 6.67. The van der Waals surface area contributed by atoms with Crippen molar-refractivity contribution in [3.05, 3.63) is 59.2 Å². The summed E-state index contributed by atoms with van der Waals surface area (Å²) in [6.45, 7) is 2.81. The summed E-state index contributed by atoms with van der Waals surface area (Å²) in [5.74, 6) is 1.03. The average molecular weight is 577 g/mol. The van der Waals surface area contributed by atoms with Gasteiger partial charge in [0.25, 0.3) is 0 Å². The van der Waals surface area contributed by atoms with Crippen molar-refractivity contribution in [1.29, 1.82) is 0 Å². The predicted octanol–water partition coefficient (Wildman–Crippen LogP) is 4.23. The molecule has 2 heterocycles. The van der Waals surface area contributed by atoms with E-state index in [0.29, 0.717) is 37.4 Å². The Morgan fingerprint density at radius 3 is 2.38 bits per heavy atom. The highest BCUT2D eigenvalue weighted by molar-refractivity contribution is 6.07. The molecule has 0 spiro atoms. The fraction of sp³-hybridized carbons (Fsp3) is 0.500. The van der Waals surface area contributed by atoms with E-state index in [0.717, 1.165) is 48.1 Å². The number of piperidine rings is 1. The summed E-state index contributed by atoms with van der Waals surface area (Å²) in [7, 11) is 3.21. The second-order valence-corrected chi connectivity index (χ2v) is 11.5. The van der Waals surface area contributed by atoms with Crippen LogP contribution in [0.4, 0.5) is 4.79 Å². The van der Waals surface area contributed by atoms with Gasteiger partial charge in [-0.2, -0.15) is 5.10 Å². The number of hydrogen-bond donors (Lipinski definition) is 2. The van der Waals surface area contributed by atoms with E-state index < -0.39 is 12.1 Å². The lowest BCUT2D eigenvalue weighted by molar-refractivity contribution is -0.143. The number of carbonyl (C=O) groups is 3. The van der Waals surface area contributed by atoms with E-state index in [1.165, 1.54) is 0 Å². The van der Waals surface area contributed by atoms with Crippen molar-refractivity contribution in [2.45, 2.75) is 64.0 Å². The first-order valence-electron chi connectivity index (χ1n) is 14.8. The van der Waals surface area contributed by atoms with Gasteiger partial charge in [-0.1, -0.05) is 42.7 Å². The van der Waals surface area contributed by atoms with Gasteiger partial charge in [-0.05, 0) is 56.4 Å². The summed E-state index contributed by atoms with van der Waals surface area (Å²) in [4.78, 5) is 40.5. The van der Waals surface area contributed by atoms with Crippen LogP contribution >= 0.6 is 0 Å². The maximum Gasteiger partial charge on any atom is 0.405 e. The van der Waals surface area contributed by atoms with Gasteiger partial charge in [0.15, 0.2) is 11.5 Å². The lowest BCUT2D eigenvalue weighted by atomic mass is 9.73.